The SMILES string of the molecule is CNC(Cc1ccc(F)c(F)c1)c1ccc(Br)c(Cl)c1F. The Morgan fingerprint density at radius 2 is 1.86 bits per heavy atom. The van der Waals surface area contributed by atoms with Crippen molar-refractivity contribution in [3.8, 4) is 0 Å². The summed E-state index contributed by atoms with van der Waals surface area (Å²) < 4.78 is 40.8. The van der Waals surface area contributed by atoms with Crippen LogP contribution < -0.4 is 5.32 Å². The van der Waals surface area contributed by atoms with Crippen LogP contribution in [-0.4, -0.2) is 7.05 Å². The Kier molecular flexibility index (Phi) is 5.30. The molecule has 0 fully saturated rings. The molecule has 0 heterocycles. The van der Waals surface area contributed by atoms with Crippen LogP contribution in [0.1, 0.15) is 17.2 Å². The van der Waals surface area contributed by atoms with Gasteiger partial charge in [0.25, 0.3) is 0 Å². The summed E-state index contributed by atoms with van der Waals surface area (Å²) in [6.45, 7) is 0. The standard InChI is InChI=1S/C15H12BrClF3N/c1-21-13(7-8-2-5-11(18)12(19)6-8)9-3-4-10(16)14(17)15(9)20/h2-6,13,21H,7H2,1H3. The molecule has 112 valence electrons. The molecule has 1 nitrogen and oxygen atoms in total. The molecule has 1 unspecified atom stereocenters. The fourth-order valence-electron chi connectivity index (χ4n) is 2.08. The van der Waals surface area contributed by atoms with Gasteiger partial charge in [-0.05, 0) is 53.2 Å². The summed E-state index contributed by atoms with van der Waals surface area (Å²) in [5.41, 5.74) is 0.933. The third kappa shape index (κ3) is 3.59. The lowest BCUT2D eigenvalue weighted by Crippen LogP contribution is -2.20. The van der Waals surface area contributed by atoms with E-state index in [0.29, 0.717) is 22.0 Å². The number of rotatable bonds is 4. The van der Waals surface area contributed by atoms with Crippen LogP contribution in [0.25, 0.3) is 0 Å². The number of hydrogen-bond donors (Lipinski definition) is 1. The van der Waals surface area contributed by atoms with Crippen LogP contribution >= 0.6 is 27.5 Å². The third-order valence-electron chi connectivity index (χ3n) is 3.21. The van der Waals surface area contributed by atoms with E-state index < -0.39 is 23.5 Å². The van der Waals surface area contributed by atoms with Gasteiger partial charge in [-0.15, -0.1) is 0 Å². The van der Waals surface area contributed by atoms with Gasteiger partial charge < -0.3 is 5.32 Å². The zero-order chi connectivity index (χ0) is 15.6. The van der Waals surface area contributed by atoms with Crippen molar-refractivity contribution in [2.45, 2.75) is 12.5 Å². The molecule has 2 rings (SSSR count). The molecule has 0 aliphatic rings. The van der Waals surface area contributed by atoms with Gasteiger partial charge in [0.05, 0.1) is 5.02 Å². The first-order valence-corrected chi connectivity index (χ1v) is 7.35. The van der Waals surface area contributed by atoms with E-state index in [0.717, 1.165) is 12.1 Å². The highest BCUT2D eigenvalue weighted by molar-refractivity contribution is 9.10. The zero-order valence-corrected chi connectivity index (χ0v) is 13.4. The minimum Gasteiger partial charge on any atom is -0.313 e. The Hall–Kier alpha value is -1.04. The molecule has 0 spiro atoms. The van der Waals surface area contributed by atoms with E-state index in [2.05, 4.69) is 21.2 Å². The first kappa shape index (κ1) is 16.3. The molecule has 0 saturated carbocycles. The molecule has 2 aromatic carbocycles. The summed E-state index contributed by atoms with van der Waals surface area (Å²) in [5, 5.41) is 2.96. The maximum atomic E-state index is 14.2. The lowest BCUT2D eigenvalue weighted by molar-refractivity contribution is 0.502. The van der Waals surface area contributed by atoms with E-state index >= 15 is 0 Å². The average Bonchev–Trinajstić information content (AvgIpc) is 2.47. The Labute approximate surface area is 134 Å². The molecule has 0 saturated heterocycles. The van der Waals surface area contributed by atoms with Gasteiger partial charge in [0, 0.05) is 16.1 Å². The number of halogens is 5. The number of likely N-dealkylation sites (N-methyl/N-ethyl adjacent to an activating group) is 1. The van der Waals surface area contributed by atoms with Gasteiger partial charge in [-0.2, -0.15) is 0 Å². The topological polar surface area (TPSA) is 12.0 Å². The largest absolute Gasteiger partial charge is 0.313 e. The molecule has 0 aliphatic carbocycles. The Balaban J connectivity index is 2.32. The molecule has 21 heavy (non-hydrogen) atoms. The van der Waals surface area contributed by atoms with Crippen molar-refractivity contribution in [2.24, 2.45) is 0 Å². The van der Waals surface area contributed by atoms with Gasteiger partial charge >= 0.3 is 0 Å². The molecule has 2 aromatic rings. The van der Waals surface area contributed by atoms with E-state index in [-0.39, 0.29) is 5.02 Å². The summed E-state index contributed by atoms with van der Waals surface area (Å²) in [5.74, 6) is -2.36. The minimum absolute atomic E-state index is 0.00182. The van der Waals surface area contributed by atoms with Gasteiger partial charge in [-0.1, -0.05) is 23.7 Å². The first-order valence-electron chi connectivity index (χ1n) is 6.18. The fourth-order valence-corrected chi connectivity index (χ4v) is 2.56. The quantitative estimate of drug-likeness (QED) is 0.736. The van der Waals surface area contributed by atoms with Crippen LogP contribution in [0.2, 0.25) is 5.02 Å². The van der Waals surface area contributed by atoms with E-state index in [4.69, 9.17) is 11.6 Å². The molecule has 0 aliphatic heterocycles. The van der Waals surface area contributed by atoms with Crippen molar-refractivity contribution >= 4 is 27.5 Å². The zero-order valence-electron chi connectivity index (χ0n) is 11.1. The lowest BCUT2D eigenvalue weighted by Gasteiger charge is -2.18. The second-order valence-corrected chi connectivity index (χ2v) is 5.79. The summed E-state index contributed by atoms with van der Waals surface area (Å²) in [6.07, 6.45) is 0.308. The maximum Gasteiger partial charge on any atom is 0.159 e. The number of nitrogens with one attached hydrogen (secondary N) is 1. The summed E-state index contributed by atoms with van der Waals surface area (Å²) in [4.78, 5) is 0. The van der Waals surface area contributed by atoms with Gasteiger partial charge in [-0.3, -0.25) is 0 Å². The van der Waals surface area contributed by atoms with Crippen LogP contribution in [0, 0.1) is 17.5 Å². The molecule has 1 N–H and O–H groups in total. The van der Waals surface area contributed by atoms with E-state index in [9.17, 15) is 13.2 Å². The average molecular weight is 379 g/mol. The Bertz CT molecular complexity index is 664. The third-order valence-corrected chi connectivity index (χ3v) is 4.47. The number of benzene rings is 2. The highest BCUT2D eigenvalue weighted by Crippen LogP contribution is 2.31. The van der Waals surface area contributed by atoms with E-state index in [1.165, 1.54) is 6.07 Å². The van der Waals surface area contributed by atoms with Crippen molar-refractivity contribution in [1.82, 2.24) is 5.32 Å². The van der Waals surface area contributed by atoms with Crippen molar-refractivity contribution < 1.29 is 13.2 Å². The van der Waals surface area contributed by atoms with Crippen LogP contribution in [0.5, 0.6) is 0 Å². The highest BCUT2D eigenvalue weighted by Gasteiger charge is 2.18. The molecule has 0 bridgehead atoms. The maximum absolute atomic E-state index is 14.2. The number of hydrogen-bond acceptors (Lipinski definition) is 1. The van der Waals surface area contributed by atoms with Crippen LogP contribution in [0.15, 0.2) is 34.8 Å². The molecule has 0 aromatic heterocycles. The van der Waals surface area contributed by atoms with Crippen molar-refractivity contribution in [1.29, 1.82) is 0 Å². The summed E-state index contributed by atoms with van der Waals surface area (Å²) in [7, 11) is 1.67. The smallest absolute Gasteiger partial charge is 0.159 e. The van der Waals surface area contributed by atoms with Crippen molar-refractivity contribution in [2.75, 3.05) is 7.05 Å². The second-order valence-electron chi connectivity index (χ2n) is 4.56. The fraction of sp³-hybridized carbons (Fsp3) is 0.200. The van der Waals surface area contributed by atoms with Crippen LogP contribution in [0.3, 0.4) is 0 Å². The lowest BCUT2D eigenvalue weighted by atomic mass is 9.98. The highest BCUT2D eigenvalue weighted by atomic mass is 79.9. The van der Waals surface area contributed by atoms with Gasteiger partial charge in [-0.25, -0.2) is 13.2 Å². The van der Waals surface area contributed by atoms with Crippen LogP contribution in [-0.2, 0) is 6.42 Å². The van der Waals surface area contributed by atoms with E-state index in [1.54, 1.807) is 19.2 Å². The molecule has 6 heteroatoms. The first-order chi connectivity index (χ1) is 9.93. The normalized spacial score (nSPS) is 12.5. The van der Waals surface area contributed by atoms with Crippen molar-refractivity contribution in [3.05, 3.63) is 68.4 Å². The predicted molar refractivity (Wildman–Crippen MR) is 81.0 cm³/mol. The minimum atomic E-state index is -0.920. The molecular weight excluding hydrogens is 367 g/mol. The Morgan fingerprint density at radius 1 is 1.14 bits per heavy atom. The predicted octanol–water partition coefficient (Wildman–Crippen LogP) is 5.02. The molecule has 0 amide bonds. The Morgan fingerprint density at radius 3 is 2.48 bits per heavy atom. The monoisotopic (exact) mass is 377 g/mol. The molecule has 0 radical (unpaired) electrons. The van der Waals surface area contributed by atoms with Crippen molar-refractivity contribution in [3.63, 3.8) is 0 Å². The van der Waals surface area contributed by atoms with Gasteiger partial charge in [0.1, 0.15) is 5.82 Å². The van der Waals surface area contributed by atoms with Gasteiger partial charge in [0.2, 0.25) is 0 Å². The van der Waals surface area contributed by atoms with Crippen LogP contribution in [0.4, 0.5) is 13.2 Å². The summed E-state index contributed by atoms with van der Waals surface area (Å²) in [6, 6.07) is 6.49. The van der Waals surface area contributed by atoms with Gasteiger partial charge in [0.15, 0.2) is 11.6 Å². The molecule has 1 atom stereocenters. The molecular formula is C15H12BrClF3N. The summed E-state index contributed by atoms with van der Waals surface area (Å²) >= 11 is 9.03. The second kappa shape index (κ2) is 6.81. The van der Waals surface area contributed by atoms with E-state index in [1.807, 2.05) is 0 Å².